The minimum Gasteiger partial charge on any atom is -0.457 e. The molecule has 2 saturated carbocycles. The summed E-state index contributed by atoms with van der Waals surface area (Å²) in [5, 5.41) is 22.9. The number of likely N-dealkylation sites (N-methyl/N-ethyl adjacent to an activating group) is 3. The molecule has 0 bridgehead atoms. The fourth-order valence-corrected chi connectivity index (χ4v) is 15.8. The predicted molar refractivity (Wildman–Crippen MR) is 454 cm³/mol. The van der Waals surface area contributed by atoms with Gasteiger partial charge in [-0.15, -0.1) is 0 Å². The lowest BCUT2D eigenvalue weighted by molar-refractivity contribution is -0.125. The molecule has 3 aliphatic heterocycles. The van der Waals surface area contributed by atoms with Gasteiger partial charge in [-0.2, -0.15) is 10.5 Å². The van der Waals surface area contributed by atoms with Crippen LogP contribution in [0.25, 0.3) is 66.5 Å². The molecule has 0 spiro atoms. The summed E-state index contributed by atoms with van der Waals surface area (Å²) in [5.74, 6) is 5.99. The first-order valence-corrected chi connectivity index (χ1v) is 39.6. The number of carbonyl (C=O) groups is 3. The second kappa shape index (κ2) is 35.5. The monoisotopic (exact) mass is 1560 g/mol. The van der Waals surface area contributed by atoms with Crippen LogP contribution in [0.1, 0.15) is 86.1 Å². The number of ether oxygens (including phenoxy) is 3. The number of hydrogen-bond acceptors (Lipinski definition) is 20. The molecule has 3 saturated heterocycles. The fraction of sp³-hybridized carbons (Fsp3) is 0.286. The highest BCUT2D eigenvalue weighted by Gasteiger charge is 2.40. The van der Waals surface area contributed by atoms with Crippen LogP contribution < -0.4 is 31.4 Å². The van der Waals surface area contributed by atoms with Crippen LogP contribution in [0.5, 0.6) is 34.5 Å². The van der Waals surface area contributed by atoms with E-state index in [1.165, 1.54) is 31.2 Å². The lowest BCUT2D eigenvalue weighted by Gasteiger charge is -2.19. The Labute approximate surface area is 679 Å². The zero-order valence-corrected chi connectivity index (χ0v) is 66.3. The summed E-state index contributed by atoms with van der Waals surface area (Å²) >= 11 is 0. The van der Waals surface area contributed by atoms with Gasteiger partial charge in [0.15, 0.2) is 0 Å². The highest BCUT2D eigenvalue weighted by atomic mass is 16.5. The van der Waals surface area contributed by atoms with Gasteiger partial charge in [-0.05, 0) is 176 Å². The van der Waals surface area contributed by atoms with Gasteiger partial charge < -0.3 is 69.6 Å². The molecule has 5 fully saturated rings. The number of aromatic nitrogens is 9. The number of nitrogens with zero attached hydrogens (tertiary/aromatic N) is 17. The summed E-state index contributed by atoms with van der Waals surface area (Å²) in [7, 11) is 9.99. The van der Waals surface area contributed by atoms with E-state index in [-0.39, 0.29) is 35.8 Å². The van der Waals surface area contributed by atoms with Crippen molar-refractivity contribution in [2.45, 2.75) is 75.0 Å². The standard InChI is InChI=1S/C31H31N7O2.C31H34N6O2.C29H29N7O2/c1-36(22-11-12-22)16-5-8-27(39)37-17-15-23(19-37)38-26(18-32)28(29-30(33)34-20-35-31(29)38)21-9-13-25(14-10-21)40-24-6-3-2-4-7-24;1-35(2)17-6-9-26(38)36-18-16-23(19-36)37-29(22-10-11-22)27(28-30(32)33-20-34-31(28)37)21-12-14-25(15-13-21)39-24-7-4-3-5-8-24;1-34(2)15-6-9-25(37)35-16-14-21(18-35)36-24(17-30)26(27-28(31)32-19-33-29(27)36)20-10-12-23(13-11-20)38-22-7-4-3-5-8-22/h2-10,13-14,20,22-23H,11-12,15-17,19H2,1H3,(H2,33,34,35);3-9,12-15,20,22-23H,10-11,16-19H2,1-2H3,(H2,32,33,34);3-13,19,21H,14-16,18H2,1-2H3,(H2,31,32,33)/b8-5+;2*9-6+/t2*23-;21-/m111/s1. The SMILES string of the molecule is CN(C)C/C=C/C(=O)N1CC[C@@H](n2c(C#N)c(-c3ccc(Oc4ccccc4)cc3)c3c(N)ncnc32)C1.CN(C)C/C=C/C(=O)N1CC[C@@H](n2c(C3CC3)c(-c3ccc(Oc4ccccc4)cc3)c3c(N)ncnc32)C1.CN(C/C=C/C(=O)N1CC[C@@H](n2c(C#N)c(-c3ccc(Oc4ccccc4)cc3)c3c(N)ncnc32)C1)C1CC1. The number of likely N-dealkylation sites (tertiary alicyclic amines) is 3. The van der Waals surface area contributed by atoms with Crippen molar-refractivity contribution >= 4 is 68.3 Å². The number of nitriles is 2. The zero-order valence-electron chi connectivity index (χ0n) is 66.3. The second-order valence-electron chi connectivity index (χ2n) is 30.6. The first-order chi connectivity index (χ1) is 57.0. The van der Waals surface area contributed by atoms with Gasteiger partial charge in [0, 0.05) is 106 Å². The highest BCUT2D eigenvalue weighted by molar-refractivity contribution is 6.06. The summed E-state index contributed by atoms with van der Waals surface area (Å²) in [6.07, 6.45) is 22.1. The minimum atomic E-state index is -0.109. The summed E-state index contributed by atoms with van der Waals surface area (Å²) in [6.45, 7) is 5.76. The number of hydrogen-bond donors (Lipinski definition) is 3. The van der Waals surface area contributed by atoms with E-state index in [0.29, 0.717) is 138 Å². The lowest BCUT2D eigenvalue weighted by Crippen LogP contribution is -2.28. The van der Waals surface area contributed by atoms with Gasteiger partial charge in [0.05, 0.1) is 34.3 Å². The van der Waals surface area contributed by atoms with E-state index in [9.17, 15) is 24.9 Å². The predicted octanol–water partition coefficient (Wildman–Crippen LogP) is 14.2. The van der Waals surface area contributed by atoms with Crippen molar-refractivity contribution in [2.75, 3.05) is 111 Å². The van der Waals surface area contributed by atoms with Gasteiger partial charge in [-0.3, -0.25) is 19.3 Å². The number of carbonyl (C=O) groups excluding carboxylic acids is 3. The number of anilines is 3. The Morgan fingerprint density at radius 2 is 0.726 bits per heavy atom. The van der Waals surface area contributed by atoms with Crippen LogP contribution >= 0.6 is 0 Å². The molecule has 594 valence electrons. The Morgan fingerprint density at radius 3 is 1.06 bits per heavy atom. The summed E-state index contributed by atoms with van der Waals surface area (Å²) in [4.78, 5) is 77.1. The summed E-state index contributed by atoms with van der Waals surface area (Å²) < 4.78 is 24.1. The third kappa shape index (κ3) is 17.7. The lowest BCUT2D eigenvalue weighted by atomic mass is 10.0. The van der Waals surface area contributed by atoms with Gasteiger partial charge in [0.25, 0.3) is 0 Å². The number of para-hydroxylation sites is 3. The average Bonchev–Trinajstić information content (AvgIpc) is 1.59. The van der Waals surface area contributed by atoms with E-state index in [1.54, 1.807) is 24.6 Å². The number of amides is 3. The topological polar surface area (TPSA) is 316 Å². The van der Waals surface area contributed by atoms with Crippen molar-refractivity contribution < 1.29 is 28.6 Å². The van der Waals surface area contributed by atoms with Crippen LogP contribution in [-0.2, 0) is 14.4 Å². The molecule has 117 heavy (non-hydrogen) atoms. The molecule has 26 heteroatoms. The van der Waals surface area contributed by atoms with Gasteiger partial charge in [-0.25, -0.2) is 29.9 Å². The van der Waals surface area contributed by atoms with Crippen molar-refractivity contribution in [1.82, 2.24) is 73.0 Å². The normalized spacial score (nSPS) is 16.7. The quantitative estimate of drug-likeness (QED) is 0.0501. The molecule has 0 unspecified atom stereocenters. The molecule has 26 nitrogen and oxygen atoms in total. The molecule has 3 amide bonds. The molecule has 2 aliphatic carbocycles. The van der Waals surface area contributed by atoms with Crippen molar-refractivity contribution in [3.8, 4) is 80.0 Å². The molecule has 9 heterocycles. The first kappa shape index (κ1) is 78.7. The molecule has 3 atom stereocenters. The number of fused-ring (bicyclic) bond motifs is 3. The summed E-state index contributed by atoms with van der Waals surface area (Å²) in [6, 6.07) is 57.5. The molecule has 5 aliphatic rings. The van der Waals surface area contributed by atoms with E-state index >= 15 is 0 Å². The Bertz CT molecular complexity index is 5750. The average molecular weight is 1560 g/mol. The number of nitrogens with two attached hydrogens (primary N) is 3. The van der Waals surface area contributed by atoms with Gasteiger partial charge in [0.2, 0.25) is 17.7 Å². The number of rotatable bonds is 23. The van der Waals surface area contributed by atoms with Crippen molar-refractivity contribution in [3.05, 3.63) is 236 Å². The Morgan fingerprint density at radius 1 is 0.410 bits per heavy atom. The molecule has 6 aromatic heterocycles. The van der Waals surface area contributed by atoms with Crippen LogP contribution in [0, 0.1) is 22.7 Å². The van der Waals surface area contributed by atoms with Crippen molar-refractivity contribution in [1.29, 1.82) is 10.5 Å². The smallest absolute Gasteiger partial charge is 0.246 e. The van der Waals surface area contributed by atoms with Gasteiger partial charge in [-0.1, -0.05) is 109 Å². The van der Waals surface area contributed by atoms with Crippen LogP contribution in [0.2, 0.25) is 0 Å². The Kier molecular flexibility index (Phi) is 23.9. The second-order valence-corrected chi connectivity index (χ2v) is 30.6. The first-order valence-electron chi connectivity index (χ1n) is 39.6. The minimum absolute atomic E-state index is 0.00923. The highest BCUT2D eigenvalue weighted by Crippen LogP contribution is 2.52. The number of nitrogen functional groups attached to an aromatic ring is 3. The van der Waals surface area contributed by atoms with Gasteiger partial charge in [0.1, 0.15) is 111 Å². The molecular weight excluding hydrogens is 1470 g/mol. The largest absolute Gasteiger partial charge is 0.457 e. The molecule has 17 rings (SSSR count). The van der Waals surface area contributed by atoms with Crippen LogP contribution in [0.4, 0.5) is 17.5 Å². The molecule has 12 aromatic rings. The van der Waals surface area contributed by atoms with E-state index in [2.05, 4.69) is 65.7 Å². The van der Waals surface area contributed by atoms with E-state index in [4.69, 9.17) is 36.4 Å². The fourth-order valence-electron chi connectivity index (χ4n) is 15.8. The summed E-state index contributed by atoms with van der Waals surface area (Å²) in [5.41, 5.74) is 28.6. The van der Waals surface area contributed by atoms with Crippen molar-refractivity contribution in [3.63, 3.8) is 0 Å². The third-order valence-electron chi connectivity index (χ3n) is 21.8. The van der Waals surface area contributed by atoms with Crippen LogP contribution in [0.15, 0.2) is 219 Å². The Balaban J connectivity index is 0.000000138. The van der Waals surface area contributed by atoms with Crippen LogP contribution in [0.3, 0.4) is 0 Å². The molecule has 0 radical (unpaired) electrons. The maximum absolute atomic E-state index is 12.9. The number of benzene rings is 6. The zero-order chi connectivity index (χ0) is 81.2. The van der Waals surface area contributed by atoms with Gasteiger partial charge >= 0.3 is 0 Å². The van der Waals surface area contributed by atoms with E-state index < -0.39 is 0 Å². The molecule has 6 N–H and O–H groups in total. The third-order valence-corrected chi connectivity index (χ3v) is 21.8. The molecular formula is C91H94N20O6. The van der Waals surface area contributed by atoms with E-state index in [1.807, 2.05) is 232 Å². The maximum atomic E-state index is 12.9. The van der Waals surface area contributed by atoms with E-state index in [0.717, 1.165) is 95.2 Å². The Hall–Kier alpha value is -13.5. The van der Waals surface area contributed by atoms with Crippen LogP contribution in [-0.4, -0.2) is 191 Å². The molecule has 6 aromatic carbocycles. The van der Waals surface area contributed by atoms with Crippen molar-refractivity contribution in [2.24, 2.45) is 0 Å². The maximum Gasteiger partial charge on any atom is 0.246 e.